The molecule has 0 radical (unpaired) electrons. The summed E-state index contributed by atoms with van der Waals surface area (Å²) in [5.74, 6) is 0. The van der Waals surface area contributed by atoms with Gasteiger partial charge in [-0.2, -0.15) is 5.26 Å². The molecule has 0 aliphatic rings. The van der Waals surface area contributed by atoms with Crippen LogP contribution in [0.15, 0.2) is 0 Å². The number of nitriles is 1. The second-order valence-electron chi connectivity index (χ2n) is 5.45. The van der Waals surface area contributed by atoms with E-state index >= 15 is 0 Å². The predicted molar refractivity (Wildman–Crippen MR) is 84.2 cm³/mol. The van der Waals surface area contributed by atoms with E-state index in [4.69, 9.17) is 9.79 Å². The molecule has 0 N–H and O–H groups in total. The maximum absolute atomic E-state index is 8.80. The Bertz CT molecular complexity index is 243. The fourth-order valence-corrected chi connectivity index (χ4v) is 4.36. The van der Waals surface area contributed by atoms with Crippen LogP contribution in [0.1, 0.15) is 66.7 Å². The highest BCUT2D eigenvalue weighted by Gasteiger charge is 2.24. The number of nitrogens with zero attached hydrogens (tertiary/aromatic N) is 2. The standard InChI is InChI=1S/C15H31N2OP/c1-6-7-8-9-12-18-19(13-10-11-16)17(14(2)3)15(4)5/h14-15H,6-10,12-13H2,1-5H3. The first-order valence-corrected chi connectivity index (χ1v) is 9.00. The lowest BCUT2D eigenvalue weighted by Gasteiger charge is -2.37. The second kappa shape index (κ2) is 11.6. The van der Waals surface area contributed by atoms with Crippen molar-refractivity contribution in [1.82, 2.24) is 4.67 Å². The molecule has 1 atom stereocenters. The summed E-state index contributed by atoms with van der Waals surface area (Å²) in [4.78, 5) is 0. The van der Waals surface area contributed by atoms with Crippen LogP contribution < -0.4 is 0 Å². The Kier molecular flexibility index (Phi) is 11.6. The lowest BCUT2D eigenvalue weighted by Crippen LogP contribution is -2.33. The summed E-state index contributed by atoms with van der Waals surface area (Å²) >= 11 is 0. The van der Waals surface area contributed by atoms with Gasteiger partial charge in [0.1, 0.15) is 8.30 Å². The molecule has 19 heavy (non-hydrogen) atoms. The summed E-state index contributed by atoms with van der Waals surface area (Å²) in [5.41, 5.74) is 0. The van der Waals surface area contributed by atoms with Crippen molar-refractivity contribution in [1.29, 1.82) is 5.26 Å². The van der Waals surface area contributed by atoms with E-state index in [-0.39, 0.29) is 0 Å². The molecule has 0 aliphatic carbocycles. The van der Waals surface area contributed by atoms with Crippen LogP contribution in [0.3, 0.4) is 0 Å². The minimum Gasteiger partial charge on any atom is -0.343 e. The van der Waals surface area contributed by atoms with Gasteiger partial charge >= 0.3 is 0 Å². The molecule has 0 fully saturated rings. The molecule has 0 aromatic carbocycles. The van der Waals surface area contributed by atoms with Gasteiger partial charge in [-0.3, -0.25) is 4.67 Å². The highest BCUT2D eigenvalue weighted by molar-refractivity contribution is 7.50. The minimum absolute atomic E-state index is 0.473. The van der Waals surface area contributed by atoms with Crippen molar-refractivity contribution in [3.63, 3.8) is 0 Å². The van der Waals surface area contributed by atoms with Crippen molar-refractivity contribution in [3.05, 3.63) is 0 Å². The predicted octanol–water partition coefficient (Wildman–Crippen LogP) is 4.93. The van der Waals surface area contributed by atoms with Crippen molar-refractivity contribution in [2.75, 3.05) is 12.8 Å². The average Bonchev–Trinajstić information content (AvgIpc) is 2.34. The van der Waals surface area contributed by atoms with E-state index in [0.29, 0.717) is 18.5 Å². The zero-order valence-electron chi connectivity index (χ0n) is 13.4. The Morgan fingerprint density at radius 3 is 2.21 bits per heavy atom. The van der Waals surface area contributed by atoms with Crippen molar-refractivity contribution in [2.24, 2.45) is 0 Å². The molecule has 0 aromatic rings. The maximum atomic E-state index is 8.80. The Balaban J connectivity index is 4.31. The highest BCUT2D eigenvalue weighted by Crippen LogP contribution is 2.45. The number of hydrogen-bond donors (Lipinski definition) is 0. The summed E-state index contributed by atoms with van der Waals surface area (Å²) in [6, 6.07) is 3.20. The lowest BCUT2D eigenvalue weighted by atomic mass is 10.2. The fraction of sp³-hybridized carbons (Fsp3) is 0.933. The van der Waals surface area contributed by atoms with Gasteiger partial charge < -0.3 is 4.52 Å². The normalized spacial score (nSPS) is 13.2. The van der Waals surface area contributed by atoms with Crippen molar-refractivity contribution < 1.29 is 4.52 Å². The molecular weight excluding hydrogens is 255 g/mol. The lowest BCUT2D eigenvalue weighted by molar-refractivity contribution is 0.249. The first-order valence-electron chi connectivity index (χ1n) is 7.60. The minimum atomic E-state index is -0.619. The zero-order valence-corrected chi connectivity index (χ0v) is 14.2. The van der Waals surface area contributed by atoms with Gasteiger partial charge in [0.05, 0.1) is 12.7 Å². The van der Waals surface area contributed by atoms with Gasteiger partial charge in [0.15, 0.2) is 0 Å². The van der Waals surface area contributed by atoms with Crippen molar-refractivity contribution in [3.8, 4) is 6.07 Å². The topological polar surface area (TPSA) is 36.3 Å². The molecule has 0 saturated carbocycles. The number of unbranched alkanes of at least 4 members (excludes halogenated alkanes) is 3. The SMILES string of the molecule is CCCCCCOP(CCC#N)N(C(C)C)C(C)C. The van der Waals surface area contributed by atoms with E-state index in [1.807, 2.05) is 0 Å². The maximum Gasteiger partial charge on any atom is 0.105 e. The molecule has 0 rings (SSSR count). The third-order valence-corrected chi connectivity index (χ3v) is 5.49. The second-order valence-corrected chi connectivity index (χ2v) is 7.32. The molecule has 0 spiro atoms. The van der Waals surface area contributed by atoms with Gasteiger partial charge in [0.25, 0.3) is 0 Å². The van der Waals surface area contributed by atoms with E-state index in [9.17, 15) is 0 Å². The summed E-state index contributed by atoms with van der Waals surface area (Å²) in [6.07, 6.45) is 6.40. The monoisotopic (exact) mass is 286 g/mol. The van der Waals surface area contributed by atoms with Crippen LogP contribution in [0.5, 0.6) is 0 Å². The summed E-state index contributed by atoms with van der Waals surface area (Å²) in [7, 11) is -0.619. The third-order valence-electron chi connectivity index (χ3n) is 2.97. The van der Waals surface area contributed by atoms with E-state index < -0.39 is 8.30 Å². The fourth-order valence-electron chi connectivity index (χ4n) is 2.20. The average molecular weight is 286 g/mol. The van der Waals surface area contributed by atoms with Gasteiger partial charge in [-0.15, -0.1) is 0 Å². The molecule has 3 nitrogen and oxygen atoms in total. The van der Waals surface area contributed by atoms with Crippen LogP contribution in [-0.4, -0.2) is 29.5 Å². The first kappa shape index (κ1) is 18.8. The smallest absolute Gasteiger partial charge is 0.105 e. The van der Waals surface area contributed by atoms with E-state index in [1.165, 1.54) is 19.3 Å². The molecular formula is C15H31N2OP. The Morgan fingerprint density at radius 2 is 1.74 bits per heavy atom. The van der Waals surface area contributed by atoms with Crippen LogP contribution in [0.2, 0.25) is 0 Å². The van der Waals surface area contributed by atoms with Gasteiger partial charge in [-0.05, 0) is 34.1 Å². The molecule has 0 bridgehead atoms. The molecule has 0 saturated heterocycles. The summed E-state index contributed by atoms with van der Waals surface area (Å²) < 4.78 is 8.55. The van der Waals surface area contributed by atoms with Crippen LogP contribution in [-0.2, 0) is 4.52 Å². The molecule has 112 valence electrons. The summed E-state index contributed by atoms with van der Waals surface area (Å²) in [6.45, 7) is 11.9. The van der Waals surface area contributed by atoms with Crippen molar-refractivity contribution in [2.45, 2.75) is 78.8 Å². The quantitative estimate of drug-likeness (QED) is 0.399. The van der Waals surface area contributed by atoms with E-state index in [2.05, 4.69) is 45.4 Å². The largest absolute Gasteiger partial charge is 0.343 e. The molecule has 1 unspecified atom stereocenters. The zero-order chi connectivity index (χ0) is 14.7. The van der Waals surface area contributed by atoms with E-state index in [0.717, 1.165) is 19.2 Å². The highest BCUT2D eigenvalue weighted by atomic mass is 31.2. The van der Waals surface area contributed by atoms with E-state index in [1.54, 1.807) is 0 Å². The summed E-state index contributed by atoms with van der Waals surface area (Å²) in [5, 5.41) is 8.80. The first-order chi connectivity index (χ1) is 9.04. The van der Waals surface area contributed by atoms with Gasteiger partial charge in [0.2, 0.25) is 0 Å². The van der Waals surface area contributed by atoms with Gasteiger partial charge in [-0.1, -0.05) is 26.2 Å². The molecule has 0 heterocycles. The Hall–Kier alpha value is -0.160. The third kappa shape index (κ3) is 8.58. The van der Waals surface area contributed by atoms with Crippen LogP contribution in [0.25, 0.3) is 0 Å². The van der Waals surface area contributed by atoms with Gasteiger partial charge in [-0.25, -0.2) is 0 Å². The molecule has 4 heteroatoms. The molecule has 0 aromatic heterocycles. The van der Waals surface area contributed by atoms with Crippen LogP contribution in [0, 0.1) is 11.3 Å². The van der Waals surface area contributed by atoms with Crippen LogP contribution >= 0.6 is 8.30 Å². The Morgan fingerprint density at radius 1 is 1.11 bits per heavy atom. The van der Waals surface area contributed by atoms with Crippen LogP contribution in [0.4, 0.5) is 0 Å². The number of rotatable bonds is 11. The van der Waals surface area contributed by atoms with Gasteiger partial charge in [0, 0.05) is 24.7 Å². The Labute approximate surface area is 121 Å². The molecule has 0 aliphatic heterocycles. The molecule has 0 amide bonds. The van der Waals surface area contributed by atoms with Crippen molar-refractivity contribution >= 4 is 8.30 Å². The number of hydrogen-bond acceptors (Lipinski definition) is 3.